The molecule has 82 valence electrons. The third kappa shape index (κ3) is 3.13. The lowest BCUT2D eigenvalue weighted by molar-refractivity contribution is 0.112. The highest BCUT2D eigenvalue weighted by Gasteiger charge is 2.05. The van der Waals surface area contributed by atoms with Crippen molar-refractivity contribution in [2.24, 2.45) is 0 Å². The summed E-state index contributed by atoms with van der Waals surface area (Å²) in [5.74, 6) is 1.67. The lowest BCUT2D eigenvalue weighted by Crippen LogP contribution is -2.03. The molecule has 15 heavy (non-hydrogen) atoms. The van der Waals surface area contributed by atoms with E-state index in [4.69, 9.17) is 14.2 Å². The van der Waals surface area contributed by atoms with E-state index in [1.807, 2.05) is 24.3 Å². The van der Waals surface area contributed by atoms with E-state index < -0.39 is 0 Å². The maximum absolute atomic E-state index is 5.61. The summed E-state index contributed by atoms with van der Waals surface area (Å²) >= 11 is 0. The lowest BCUT2D eigenvalue weighted by atomic mass is 10.3. The molecule has 0 amide bonds. The van der Waals surface area contributed by atoms with Gasteiger partial charge in [-0.1, -0.05) is 12.1 Å². The summed E-state index contributed by atoms with van der Waals surface area (Å²) in [7, 11) is 0. The second kappa shape index (κ2) is 5.61. The van der Waals surface area contributed by atoms with Gasteiger partial charge in [0.05, 0.1) is 13.2 Å². The molecule has 1 aliphatic heterocycles. The van der Waals surface area contributed by atoms with Gasteiger partial charge in [0.2, 0.25) is 0 Å². The first-order chi connectivity index (χ1) is 7.47. The molecule has 3 heteroatoms. The van der Waals surface area contributed by atoms with Crippen LogP contribution in [0.3, 0.4) is 0 Å². The first-order valence-corrected chi connectivity index (χ1v) is 5.39. The molecule has 2 rings (SSSR count). The van der Waals surface area contributed by atoms with Crippen LogP contribution in [0.15, 0.2) is 24.3 Å². The second-order valence-corrected chi connectivity index (χ2v) is 3.46. The Morgan fingerprint density at radius 2 is 1.27 bits per heavy atom. The molecule has 0 unspecified atom stereocenters. The van der Waals surface area contributed by atoms with Crippen LogP contribution < -0.4 is 9.47 Å². The Morgan fingerprint density at radius 3 is 1.80 bits per heavy atom. The molecule has 0 fully saturated rings. The highest BCUT2D eigenvalue weighted by molar-refractivity contribution is 5.39. The fourth-order valence-electron chi connectivity index (χ4n) is 1.48. The zero-order chi connectivity index (χ0) is 10.3. The Morgan fingerprint density at radius 1 is 0.733 bits per heavy atom. The zero-order valence-corrected chi connectivity index (χ0v) is 8.78. The van der Waals surface area contributed by atoms with Gasteiger partial charge in [-0.15, -0.1) is 0 Å². The fourth-order valence-corrected chi connectivity index (χ4v) is 1.48. The van der Waals surface area contributed by atoms with Crippen LogP contribution >= 0.6 is 0 Å². The summed E-state index contributed by atoms with van der Waals surface area (Å²) in [5.41, 5.74) is 0. The summed E-state index contributed by atoms with van der Waals surface area (Å²) in [6, 6.07) is 7.79. The van der Waals surface area contributed by atoms with Crippen molar-refractivity contribution >= 4 is 0 Å². The van der Waals surface area contributed by atoms with Crippen LogP contribution in [-0.2, 0) is 4.74 Å². The van der Waals surface area contributed by atoms with Crippen molar-refractivity contribution in [1.29, 1.82) is 0 Å². The highest BCUT2D eigenvalue weighted by Crippen LogP contribution is 2.26. The van der Waals surface area contributed by atoms with Gasteiger partial charge in [-0.3, -0.25) is 0 Å². The molecule has 0 radical (unpaired) electrons. The Labute approximate surface area is 90.0 Å². The topological polar surface area (TPSA) is 27.7 Å². The number of ether oxygens (including phenoxy) is 3. The minimum atomic E-state index is 0.681. The molecule has 0 spiro atoms. The molecule has 3 nitrogen and oxygen atoms in total. The largest absolute Gasteiger partial charge is 0.490 e. The van der Waals surface area contributed by atoms with E-state index in [1.165, 1.54) is 0 Å². The quantitative estimate of drug-likeness (QED) is 0.654. The average Bonchev–Trinajstić information content (AvgIpc) is 2.32. The smallest absolute Gasteiger partial charge is 0.161 e. The van der Waals surface area contributed by atoms with Crippen LogP contribution in [-0.4, -0.2) is 26.4 Å². The van der Waals surface area contributed by atoms with E-state index >= 15 is 0 Å². The molecule has 1 aromatic carbocycles. The highest BCUT2D eigenvalue weighted by atomic mass is 16.5. The summed E-state index contributed by atoms with van der Waals surface area (Å²) in [6.45, 7) is 2.89. The van der Waals surface area contributed by atoms with E-state index in [-0.39, 0.29) is 0 Å². The second-order valence-electron chi connectivity index (χ2n) is 3.46. The predicted octanol–water partition coefficient (Wildman–Crippen LogP) is 2.25. The third-order valence-corrected chi connectivity index (χ3v) is 2.23. The van der Waals surface area contributed by atoms with Crippen LogP contribution in [0, 0.1) is 0 Å². The molecule has 0 N–H and O–H groups in total. The summed E-state index contributed by atoms with van der Waals surface area (Å²) < 4.78 is 16.6. The molecule has 1 aromatic rings. The van der Waals surface area contributed by atoms with Gasteiger partial charge >= 0.3 is 0 Å². The van der Waals surface area contributed by atoms with Gasteiger partial charge in [-0.05, 0) is 12.1 Å². The third-order valence-electron chi connectivity index (χ3n) is 2.23. The molecule has 0 saturated carbocycles. The fraction of sp³-hybridized carbons (Fsp3) is 0.500. The maximum atomic E-state index is 5.61. The van der Waals surface area contributed by atoms with Crippen LogP contribution in [0.2, 0.25) is 0 Å². The molecular weight excluding hydrogens is 192 g/mol. The monoisotopic (exact) mass is 208 g/mol. The molecule has 1 heterocycles. The lowest BCUT2D eigenvalue weighted by Gasteiger charge is -2.10. The minimum absolute atomic E-state index is 0.681. The van der Waals surface area contributed by atoms with Gasteiger partial charge in [0.15, 0.2) is 11.5 Å². The normalized spacial score (nSPS) is 17.9. The summed E-state index contributed by atoms with van der Waals surface area (Å²) in [4.78, 5) is 0. The molecule has 0 aliphatic carbocycles. The molecular formula is C12H16O3. The average molecular weight is 208 g/mol. The van der Waals surface area contributed by atoms with E-state index in [9.17, 15) is 0 Å². The van der Waals surface area contributed by atoms with Gasteiger partial charge in [0, 0.05) is 26.1 Å². The van der Waals surface area contributed by atoms with Gasteiger partial charge in [0.1, 0.15) is 0 Å². The Hall–Kier alpha value is -1.22. The number of hydrogen-bond acceptors (Lipinski definition) is 3. The van der Waals surface area contributed by atoms with Crippen molar-refractivity contribution in [1.82, 2.24) is 0 Å². The van der Waals surface area contributed by atoms with Gasteiger partial charge in [0.25, 0.3) is 0 Å². The van der Waals surface area contributed by atoms with E-state index in [0.29, 0.717) is 13.2 Å². The molecule has 0 aromatic heterocycles. The molecule has 0 bridgehead atoms. The van der Waals surface area contributed by atoms with Crippen LogP contribution in [0.5, 0.6) is 11.5 Å². The molecule has 1 aliphatic rings. The SMILES string of the molecule is c1ccc2c(c1)OCCCOCCCO2. The van der Waals surface area contributed by atoms with Gasteiger partial charge < -0.3 is 14.2 Å². The standard InChI is InChI=1S/C12H16O3/c1-2-6-12-11(5-1)14-9-3-7-13-8-4-10-15-12/h1-2,5-6H,3-4,7-10H2. The van der Waals surface area contributed by atoms with Gasteiger partial charge in [-0.2, -0.15) is 0 Å². The van der Waals surface area contributed by atoms with Gasteiger partial charge in [-0.25, -0.2) is 0 Å². The van der Waals surface area contributed by atoms with E-state index in [0.717, 1.165) is 37.6 Å². The molecule has 0 atom stereocenters. The number of para-hydroxylation sites is 2. The number of hydrogen-bond donors (Lipinski definition) is 0. The van der Waals surface area contributed by atoms with Crippen molar-refractivity contribution in [2.45, 2.75) is 12.8 Å². The molecule has 0 saturated heterocycles. The van der Waals surface area contributed by atoms with Crippen molar-refractivity contribution in [2.75, 3.05) is 26.4 Å². The van der Waals surface area contributed by atoms with Crippen LogP contribution in [0.25, 0.3) is 0 Å². The summed E-state index contributed by atoms with van der Waals surface area (Å²) in [5, 5.41) is 0. The number of benzene rings is 1. The van der Waals surface area contributed by atoms with Crippen molar-refractivity contribution in [3.8, 4) is 11.5 Å². The van der Waals surface area contributed by atoms with Crippen molar-refractivity contribution < 1.29 is 14.2 Å². The zero-order valence-electron chi connectivity index (χ0n) is 8.78. The summed E-state index contributed by atoms with van der Waals surface area (Å²) in [6.07, 6.45) is 1.85. The Bertz CT molecular complexity index is 270. The first kappa shape index (κ1) is 10.3. The Balaban J connectivity index is 2.04. The van der Waals surface area contributed by atoms with E-state index in [1.54, 1.807) is 0 Å². The van der Waals surface area contributed by atoms with E-state index in [2.05, 4.69) is 0 Å². The number of rotatable bonds is 0. The predicted molar refractivity (Wildman–Crippen MR) is 57.5 cm³/mol. The van der Waals surface area contributed by atoms with Crippen molar-refractivity contribution in [3.05, 3.63) is 24.3 Å². The minimum Gasteiger partial charge on any atom is -0.490 e. The van der Waals surface area contributed by atoms with Crippen LogP contribution in [0.4, 0.5) is 0 Å². The maximum Gasteiger partial charge on any atom is 0.161 e. The Kier molecular flexibility index (Phi) is 3.85. The van der Waals surface area contributed by atoms with Crippen molar-refractivity contribution in [3.63, 3.8) is 0 Å². The number of fused-ring (bicyclic) bond motifs is 1. The first-order valence-electron chi connectivity index (χ1n) is 5.39. The van der Waals surface area contributed by atoms with Crippen LogP contribution in [0.1, 0.15) is 12.8 Å².